The van der Waals surface area contributed by atoms with Crippen molar-refractivity contribution in [2.24, 2.45) is 0 Å². The summed E-state index contributed by atoms with van der Waals surface area (Å²) in [5, 5.41) is 6.08. The SMILES string of the molecule is CSCC[C@@H]1NC(=S)N(CCNC(=O)c2ccc(C)c(F)c2)C1=O. The first-order chi connectivity index (χ1) is 11.4. The van der Waals surface area contributed by atoms with Crippen molar-refractivity contribution in [2.45, 2.75) is 19.4 Å². The van der Waals surface area contributed by atoms with Crippen molar-refractivity contribution >= 4 is 40.9 Å². The maximum absolute atomic E-state index is 13.5. The molecule has 5 nitrogen and oxygen atoms in total. The van der Waals surface area contributed by atoms with E-state index in [0.717, 1.165) is 5.75 Å². The van der Waals surface area contributed by atoms with E-state index in [1.807, 2.05) is 6.26 Å². The van der Waals surface area contributed by atoms with Gasteiger partial charge in [0.05, 0.1) is 0 Å². The molecular formula is C16H20FN3O2S2. The van der Waals surface area contributed by atoms with Gasteiger partial charge in [0.25, 0.3) is 11.8 Å². The number of carbonyl (C=O) groups is 2. The van der Waals surface area contributed by atoms with Crippen LogP contribution in [0.25, 0.3) is 0 Å². The van der Waals surface area contributed by atoms with Crippen LogP contribution in [0.5, 0.6) is 0 Å². The number of hydrogen-bond donors (Lipinski definition) is 2. The molecule has 8 heteroatoms. The van der Waals surface area contributed by atoms with Crippen molar-refractivity contribution in [2.75, 3.05) is 25.1 Å². The first kappa shape index (κ1) is 18.7. The molecule has 0 unspecified atom stereocenters. The Labute approximate surface area is 150 Å². The second kappa shape index (κ2) is 8.43. The third-order valence-corrected chi connectivity index (χ3v) is 4.75. The van der Waals surface area contributed by atoms with Crippen LogP contribution in [0.15, 0.2) is 18.2 Å². The monoisotopic (exact) mass is 369 g/mol. The quantitative estimate of drug-likeness (QED) is 0.717. The van der Waals surface area contributed by atoms with E-state index in [9.17, 15) is 14.0 Å². The Morgan fingerprint density at radius 1 is 1.50 bits per heavy atom. The molecule has 0 aromatic heterocycles. The van der Waals surface area contributed by atoms with Crippen molar-refractivity contribution in [3.63, 3.8) is 0 Å². The summed E-state index contributed by atoms with van der Waals surface area (Å²) in [7, 11) is 0. The van der Waals surface area contributed by atoms with Crippen LogP contribution in [0.4, 0.5) is 4.39 Å². The third-order valence-electron chi connectivity index (χ3n) is 3.77. The Morgan fingerprint density at radius 3 is 2.92 bits per heavy atom. The minimum Gasteiger partial charge on any atom is -0.350 e. The van der Waals surface area contributed by atoms with Crippen molar-refractivity contribution in [3.8, 4) is 0 Å². The zero-order valence-corrected chi connectivity index (χ0v) is 15.2. The highest BCUT2D eigenvalue weighted by Crippen LogP contribution is 2.12. The molecule has 24 heavy (non-hydrogen) atoms. The Hall–Kier alpha value is -1.67. The smallest absolute Gasteiger partial charge is 0.251 e. The molecule has 0 spiro atoms. The molecule has 2 N–H and O–H groups in total. The molecule has 1 aliphatic rings. The summed E-state index contributed by atoms with van der Waals surface area (Å²) in [6.45, 7) is 2.18. The van der Waals surface area contributed by atoms with E-state index < -0.39 is 5.82 Å². The summed E-state index contributed by atoms with van der Waals surface area (Å²) < 4.78 is 13.5. The first-order valence-corrected chi connectivity index (χ1v) is 9.39. The number of benzene rings is 1. The molecule has 1 atom stereocenters. The van der Waals surface area contributed by atoms with E-state index >= 15 is 0 Å². The van der Waals surface area contributed by atoms with Gasteiger partial charge in [0.15, 0.2) is 5.11 Å². The maximum atomic E-state index is 13.5. The molecular weight excluding hydrogens is 349 g/mol. The number of hydrogen-bond acceptors (Lipinski definition) is 4. The van der Waals surface area contributed by atoms with E-state index in [-0.39, 0.29) is 30.0 Å². The highest BCUT2D eigenvalue weighted by atomic mass is 32.2. The fraction of sp³-hybridized carbons (Fsp3) is 0.438. The Kier molecular flexibility index (Phi) is 6.56. The predicted octanol–water partition coefficient (Wildman–Crippen LogP) is 1.70. The number of rotatable bonds is 7. The Bertz CT molecular complexity index is 654. The van der Waals surface area contributed by atoms with Crippen molar-refractivity contribution in [1.29, 1.82) is 0 Å². The Morgan fingerprint density at radius 2 is 2.25 bits per heavy atom. The van der Waals surface area contributed by atoms with Crippen LogP contribution in [-0.2, 0) is 4.79 Å². The van der Waals surface area contributed by atoms with Crippen LogP contribution in [0.3, 0.4) is 0 Å². The molecule has 130 valence electrons. The highest BCUT2D eigenvalue weighted by Gasteiger charge is 2.34. The molecule has 1 aromatic carbocycles. The van der Waals surface area contributed by atoms with E-state index in [1.165, 1.54) is 11.0 Å². The lowest BCUT2D eigenvalue weighted by molar-refractivity contribution is -0.127. The molecule has 1 aromatic rings. The molecule has 0 radical (unpaired) electrons. The van der Waals surface area contributed by atoms with Gasteiger partial charge < -0.3 is 10.6 Å². The summed E-state index contributed by atoms with van der Waals surface area (Å²) >= 11 is 6.85. The number of thiocarbonyl (C=S) groups is 1. The maximum Gasteiger partial charge on any atom is 0.251 e. The zero-order chi connectivity index (χ0) is 17.7. The lowest BCUT2D eigenvalue weighted by Crippen LogP contribution is -2.39. The summed E-state index contributed by atoms with van der Waals surface area (Å²) in [6.07, 6.45) is 2.70. The summed E-state index contributed by atoms with van der Waals surface area (Å²) in [5.41, 5.74) is 0.742. The van der Waals surface area contributed by atoms with Gasteiger partial charge in [-0.2, -0.15) is 11.8 Å². The van der Waals surface area contributed by atoms with Gasteiger partial charge in [-0.3, -0.25) is 14.5 Å². The number of nitrogens with zero attached hydrogens (tertiary/aromatic N) is 1. The van der Waals surface area contributed by atoms with Crippen LogP contribution in [0.1, 0.15) is 22.3 Å². The number of amides is 2. The molecule has 1 fully saturated rings. The number of nitrogens with one attached hydrogen (secondary N) is 2. The van der Waals surface area contributed by atoms with E-state index in [2.05, 4.69) is 10.6 Å². The standard InChI is InChI=1S/C16H20FN3O2S2/c1-10-3-4-11(9-12(10)17)14(21)18-6-7-20-15(22)13(5-8-24-2)19-16(20)23/h3-4,9,13H,5-8H2,1-2H3,(H,18,21)(H,19,23)/t13-/m0/s1. The Balaban J connectivity index is 1.85. The second-order valence-corrected chi connectivity index (χ2v) is 6.87. The summed E-state index contributed by atoms with van der Waals surface area (Å²) in [6, 6.07) is 4.05. The minimum absolute atomic E-state index is 0.0651. The van der Waals surface area contributed by atoms with E-state index in [4.69, 9.17) is 12.2 Å². The van der Waals surface area contributed by atoms with Crippen molar-refractivity contribution in [1.82, 2.24) is 15.5 Å². The second-order valence-electron chi connectivity index (χ2n) is 5.49. The van der Waals surface area contributed by atoms with E-state index in [1.54, 1.807) is 30.8 Å². The molecule has 0 aliphatic carbocycles. The highest BCUT2D eigenvalue weighted by molar-refractivity contribution is 7.98. The average Bonchev–Trinajstić information content (AvgIpc) is 2.82. The molecule has 0 bridgehead atoms. The number of carbonyl (C=O) groups excluding carboxylic acids is 2. The predicted molar refractivity (Wildman–Crippen MR) is 97.7 cm³/mol. The van der Waals surface area contributed by atoms with Gasteiger partial charge in [-0.1, -0.05) is 6.07 Å². The topological polar surface area (TPSA) is 61.4 Å². The van der Waals surface area contributed by atoms with Gasteiger partial charge in [0, 0.05) is 18.7 Å². The lowest BCUT2D eigenvalue weighted by atomic mass is 10.1. The molecule has 0 saturated carbocycles. The molecule has 2 rings (SSSR count). The van der Waals surface area contributed by atoms with Gasteiger partial charge in [-0.15, -0.1) is 0 Å². The van der Waals surface area contributed by atoms with Crippen molar-refractivity contribution in [3.05, 3.63) is 35.1 Å². The van der Waals surface area contributed by atoms with E-state index in [0.29, 0.717) is 23.6 Å². The van der Waals surface area contributed by atoms with Gasteiger partial charge in [0.2, 0.25) is 0 Å². The largest absolute Gasteiger partial charge is 0.350 e. The number of aryl methyl sites for hydroxylation is 1. The van der Waals surface area contributed by atoms with Crippen LogP contribution < -0.4 is 10.6 Å². The average molecular weight is 369 g/mol. The fourth-order valence-electron chi connectivity index (χ4n) is 2.34. The summed E-state index contributed by atoms with van der Waals surface area (Å²) in [4.78, 5) is 25.7. The third kappa shape index (κ3) is 4.45. The van der Waals surface area contributed by atoms with Gasteiger partial charge in [-0.05, 0) is 55.3 Å². The fourth-order valence-corrected chi connectivity index (χ4v) is 3.13. The van der Waals surface area contributed by atoms with Crippen molar-refractivity contribution < 1.29 is 14.0 Å². The van der Waals surface area contributed by atoms with Gasteiger partial charge in [0.1, 0.15) is 11.9 Å². The van der Waals surface area contributed by atoms with Crippen LogP contribution in [-0.4, -0.2) is 53.0 Å². The van der Waals surface area contributed by atoms with Crippen LogP contribution in [0, 0.1) is 12.7 Å². The van der Waals surface area contributed by atoms with Crippen LogP contribution in [0.2, 0.25) is 0 Å². The lowest BCUT2D eigenvalue weighted by Gasteiger charge is -2.15. The number of halogens is 1. The van der Waals surface area contributed by atoms with Crippen LogP contribution >= 0.6 is 24.0 Å². The number of thioether (sulfide) groups is 1. The molecule has 2 amide bonds. The minimum atomic E-state index is -0.417. The first-order valence-electron chi connectivity index (χ1n) is 7.59. The molecule has 1 heterocycles. The van der Waals surface area contributed by atoms with Gasteiger partial charge >= 0.3 is 0 Å². The summed E-state index contributed by atoms with van der Waals surface area (Å²) in [5.74, 6) is 0.0117. The molecule has 1 aliphatic heterocycles. The zero-order valence-electron chi connectivity index (χ0n) is 13.6. The van der Waals surface area contributed by atoms with Gasteiger partial charge in [-0.25, -0.2) is 4.39 Å². The normalized spacial score (nSPS) is 17.1. The molecule has 1 saturated heterocycles.